The van der Waals surface area contributed by atoms with Gasteiger partial charge in [-0.25, -0.2) is 0 Å². The van der Waals surface area contributed by atoms with Gasteiger partial charge in [0.15, 0.2) is 0 Å². The Hall–Kier alpha value is -1.26. The Balaban J connectivity index is 1.94. The van der Waals surface area contributed by atoms with Crippen molar-refractivity contribution >= 4 is 40.7 Å². The molecule has 132 valence electrons. The van der Waals surface area contributed by atoms with Gasteiger partial charge in [0.1, 0.15) is 0 Å². The van der Waals surface area contributed by atoms with Crippen LogP contribution in [0.15, 0.2) is 18.2 Å². The third-order valence-corrected chi connectivity index (χ3v) is 4.92. The van der Waals surface area contributed by atoms with E-state index in [4.69, 9.17) is 23.2 Å². The summed E-state index contributed by atoms with van der Waals surface area (Å²) in [6.45, 7) is 1.74. The Morgan fingerprint density at radius 2 is 1.83 bits per heavy atom. The molecular weight excluding hydrogens is 347 g/mol. The van der Waals surface area contributed by atoms with Crippen molar-refractivity contribution in [3.8, 4) is 0 Å². The van der Waals surface area contributed by atoms with E-state index in [1.54, 1.807) is 18.2 Å². The second-order valence-corrected chi connectivity index (χ2v) is 7.12. The van der Waals surface area contributed by atoms with Crippen molar-refractivity contribution in [2.24, 2.45) is 0 Å². The van der Waals surface area contributed by atoms with Crippen molar-refractivity contribution in [2.75, 3.05) is 11.4 Å². The first-order valence-electron chi connectivity index (χ1n) is 8.50. The molecule has 0 heterocycles. The van der Waals surface area contributed by atoms with Gasteiger partial charge in [0.25, 0.3) is 0 Å². The lowest BCUT2D eigenvalue weighted by Crippen LogP contribution is -2.38. The Bertz CT molecular complexity index is 584. The lowest BCUT2D eigenvalue weighted by Gasteiger charge is -2.23. The number of nitrogens with zero attached hydrogens (tertiary/aromatic N) is 1. The summed E-state index contributed by atoms with van der Waals surface area (Å²) < 4.78 is 0. The second-order valence-electron chi connectivity index (χ2n) is 6.27. The molecule has 0 aliphatic heterocycles. The highest BCUT2D eigenvalue weighted by Gasteiger charge is 2.19. The van der Waals surface area contributed by atoms with Crippen molar-refractivity contribution in [3.63, 3.8) is 0 Å². The molecule has 0 saturated heterocycles. The number of anilines is 1. The van der Waals surface area contributed by atoms with Gasteiger partial charge in [0.05, 0.1) is 10.7 Å². The van der Waals surface area contributed by atoms with Crippen LogP contribution in [0.1, 0.15) is 51.9 Å². The molecule has 1 aromatic carbocycles. The van der Waals surface area contributed by atoms with E-state index in [1.807, 2.05) is 0 Å². The summed E-state index contributed by atoms with van der Waals surface area (Å²) in [7, 11) is 0. The number of carbonyl (C=O) groups is 2. The molecule has 1 aliphatic carbocycles. The third-order valence-electron chi connectivity index (χ3n) is 4.36. The fourth-order valence-electron chi connectivity index (χ4n) is 3.08. The van der Waals surface area contributed by atoms with E-state index < -0.39 is 0 Å². The number of hydrogen-bond acceptors (Lipinski definition) is 2. The molecule has 6 heteroatoms. The van der Waals surface area contributed by atoms with Crippen LogP contribution in [0.3, 0.4) is 0 Å². The molecule has 4 nitrogen and oxygen atoms in total. The van der Waals surface area contributed by atoms with Gasteiger partial charge in [-0.3, -0.25) is 9.59 Å². The van der Waals surface area contributed by atoms with Crippen LogP contribution >= 0.6 is 23.2 Å². The van der Waals surface area contributed by atoms with Crippen LogP contribution in [0.4, 0.5) is 5.69 Å². The maximum Gasteiger partial charge on any atom is 0.223 e. The summed E-state index contributed by atoms with van der Waals surface area (Å²) in [6, 6.07) is 5.24. The van der Waals surface area contributed by atoms with Crippen LogP contribution in [-0.4, -0.2) is 24.4 Å². The van der Waals surface area contributed by atoms with E-state index in [1.165, 1.54) is 37.5 Å². The summed E-state index contributed by atoms with van der Waals surface area (Å²) in [5, 5.41) is 4.04. The molecule has 24 heavy (non-hydrogen) atoms. The molecule has 1 N–H and O–H groups in total. The Kier molecular flexibility index (Phi) is 7.38. The Morgan fingerprint density at radius 1 is 1.17 bits per heavy atom. The van der Waals surface area contributed by atoms with Crippen molar-refractivity contribution in [3.05, 3.63) is 28.2 Å². The standard InChI is InChI=1S/C18H24Cl2N2O2/c1-13(23)22(17-12-14(19)8-9-16(17)20)11-10-18(24)21-15-6-4-2-3-5-7-15/h8-9,12,15H,2-7,10-11H2,1H3,(H,21,24). The van der Waals surface area contributed by atoms with Gasteiger partial charge in [-0.05, 0) is 31.0 Å². The number of hydrogen-bond donors (Lipinski definition) is 1. The predicted molar refractivity (Wildman–Crippen MR) is 98.7 cm³/mol. The molecule has 2 rings (SSSR count). The average Bonchev–Trinajstić information content (AvgIpc) is 2.79. The highest BCUT2D eigenvalue weighted by atomic mass is 35.5. The van der Waals surface area contributed by atoms with Crippen molar-refractivity contribution in [1.82, 2.24) is 5.32 Å². The van der Waals surface area contributed by atoms with Crippen molar-refractivity contribution in [2.45, 2.75) is 57.9 Å². The molecular formula is C18H24Cl2N2O2. The number of benzene rings is 1. The predicted octanol–water partition coefficient (Wildman–Crippen LogP) is 4.58. The SMILES string of the molecule is CC(=O)N(CCC(=O)NC1CCCCCC1)c1cc(Cl)ccc1Cl. The zero-order valence-electron chi connectivity index (χ0n) is 14.0. The lowest BCUT2D eigenvalue weighted by molar-refractivity contribution is -0.121. The minimum atomic E-state index is -0.165. The summed E-state index contributed by atoms with van der Waals surface area (Å²) in [4.78, 5) is 25.7. The lowest BCUT2D eigenvalue weighted by atomic mass is 10.1. The minimum Gasteiger partial charge on any atom is -0.353 e. The first kappa shape index (κ1) is 19.1. The highest BCUT2D eigenvalue weighted by molar-refractivity contribution is 6.35. The van der Waals surface area contributed by atoms with Gasteiger partial charge < -0.3 is 10.2 Å². The fourth-order valence-corrected chi connectivity index (χ4v) is 3.46. The molecule has 1 aromatic rings. The summed E-state index contributed by atoms with van der Waals surface area (Å²) >= 11 is 12.2. The van der Waals surface area contributed by atoms with Crippen LogP contribution in [0, 0.1) is 0 Å². The number of nitrogens with one attached hydrogen (secondary N) is 1. The van der Waals surface area contributed by atoms with Gasteiger partial charge in [0, 0.05) is 31.0 Å². The monoisotopic (exact) mass is 370 g/mol. The first-order valence-corrected chi connectivity index (χ1v) is 9.25. The molecule has 0 unspecified atom stereocenters. The van der Waals surface area contributed by atoms with E-state index in [-0.39, 0.29) is 30.8 Å². The van der Waals surface area contributed by atoms with Crippen LogP contribution in [-0.2, 0) is 9.59 Å². The third kappa shape index (κ3) is 5.67. The molecule has 0 atom stereocenters. The maximum atomic E-state index is 12.2. The van der Waals surface area contributed by atoms with Gasteiger partial charge >= 0.3 is 0 Å². The number of carbonyl (C=O) groups excluding carboxylic acids is 2. The van der Waals surface area contributed by atoms with Gasteiger partial charge in [-0.1, -0.05) is 48.9 Å². The summed E-state index contributed by atoms with van der Waals surface area (Å²) in [6.07, 6.45) is 7.17. The van der Waals surface area contributed by atoms with Crippen molar-refractivity contribution in [1.29, 1.82) is 0 Å². The number of halogens is 2. The number of rotatable bonds is 5. The Morgan fingerprint density at radius 3 is 2.46 bits per heavy atom. The molecule has 1 fully saturated rings. The Labute approximate surface area is 153 Å². The smallest absolute Gasteiger partial charge is 0.223 e. The highest BCUT2D eigenvalue weighted by Crippen LogP contribution is 2.29. The topological polar surface area (TPSA) is 49.4 Å². The number of amides is 2. The minimum absolute atomic E-state index is 0.0219. The van der Waals surface area contributed by atoms with Gasteiger partial charge in [-0.15, -0.1) is 0 Å². The molecule has 0 spiro atoms. The van der Waals surface area contributed by atoms with Gasteiger partial charge in [0.2, 0.25) is 11.8 Å². The molecule has 1 saturated carbocycles. The van der Waals surface area contributed by atoms with E-state index in [0.29, 0.717) is 15.7 Å². The van der Waals surface area contributed by atoms with Crippen molar-refractivity contribution < 1.29 is 9.59 Å². The maximum absolute atomic E-state index is 12.2. The van der Waals surface area contributed by atoms with Gasteiger partial charge in [-0.2, -0.15) is 0 Å². The zero-order valence-corrected chi connectivity index (χ0v) is 15.5. The van der Waals surface area contributed by atoms with Crippen LogP contribution in [0.5, 0.6) is 0 Å². The summed E-state index contributed by atoms with van der Waals surface area (Å²) in [5.74, 6) is -0.187. The van der Waals surface area contributed by atoms with Crippen LogP contribution in [0.2, 0.25) is 10.0 Å². The van der Waals surface area contributed by atoms with E-state index in [2.05, 4.69) is 5.32 Å². The molecule has 1 aliphatic rings. The normalized spacial score (nSPS) is 15.6. The van der Waals surface area contributed by atoms with E-state index >= 15 is 0 Å². The molecule has 0 aromatic heterocycles. The molecule has 2 amide bonds. The van der Waals surface area contributed by atoms with Crippen LogP contribution in [0.25, 0.3) is 0 Å². The fraction of sp³-hybridized carbons (Fsp3) is 0.556. The zero-order chi connectivity index (χ0) is 17.5. The first-order chi connectivity index (χ1) is 11.5. The quantitative estimate of drug-likeness (QED) is 0.771. The van der Waals surface area contributed by atoms with E-state index in [9.17, 15) is 9.59 Å². The largest absolute Gasteiger partial charge is 0.353 e. The average molecular weight is 371 g/mol. The molecule has 0 bridgehead atoms. The molecule has 0 radical (unpaired) electrons. The van der Waals surface area contributed by atoms with Crippen LogP contribution < -0.4 is 10.2 Å². The van der Waals surface area contributed by atoms with E-state index in [0.717, 1.165) is 12.8 Å². The summed E-state index contributed by atoms with van der Waals surface area (Å²) in [5.41, 5.74) is 0.541. The second kappa shape index (κ2) is 9.28.